The second kappa shape index (κ2) is 9.99. The number of benzene rings is 3. The van der Waals surface area contributed by atoms with Crippen LogP contribution in [0, 0.1) is 6.92 Å². The minimum atomic E-state index is -0.320. The molecule has 0 spiro atoms. The van der Waals surface area contributed by atoms with Gasteiger partial charge in [-0.25, -0.2) is 0 Å². The molecule has 0 saturated carbocycles. The Bertz CT molecular complexity index is 1380. The number of hydrogen-bond acceptors (Lipinski definition) is 3. The van der Waals surface area contributed by atoms with Crippen molar-refractivity contribution >= 4 is 28.4 Å². The number of aromatic nitrogens is 1. The lowest BCUT2D eigenvalue weighted by Crippen LogP contribution is -2.40. The third kappa shape index (κ3) is 5.19. The summed E-state index contributed by atoms with van der Waals surface area (Å²) in [5.74, 6) is -0.301. The number of ether oxygens (including phenoxy) is 1. The first-order valence-electron chi connectivity index (χ1n) is 12.4. The maximum Gasteiger partial charge on any atom is 0.268 e. The molecule has 1 aliphatic rings. The minimum absolute atomic E-state index is 0.135. The Balaban J connectivity index is 1.43. The number of rotatable bonds is 7. The van der Waals surface area contributed by atoms with Crippen molar-refractivity contribution in [3.63, 3.8) is 0 Å². The van der Waals surface area contributed by atoms with Crippen molar-refractivity contribution in [1.82, 2.24) is 9.88 Å². The molecule has 36 heavy (non-hydrogen) atoms. The number of nitrogens with one attached hydrogen (secondary N) is 2. The van der Waals surface area contributed by atoms with Gasteiger partial charge < -0.3 is 19.9 Å². The van der Waals surface area contributed by atoms with Gasteiger partial charge in [-0.2, -0.15) is 0 Å². The van der Waals surface area contributed by atoms with Gasteiger partial charge in [0.25, 0.3) is 11.8 Å². The van der Waals surface area contributed by atoms with Gasteiger partial charge in [0.05, 0.1) is 5.60 Å². The van der Waals surface area contributed by atoms with Gasteiger partial charge in [0.2, 0.25) is 0 Å². The third-order valence-corrected chi connectivity index (χ3v) is 6.81. The normalized spacial score (nSPS) is 17.3. The molecule has 1 atom stereocenters. The van der Waals surface area contributed by atoms with E-state index in [1.54, 1.807) is 0 Å². The molecule has 4 aromatic rings. The number of anilines is 1. The molecule has 6 nitrogen and oxygen atoms in total. The van der Waals surface area contributed by atoms with Gasteiger partial charge in [-0.05, 0) is 68.7 Å². The van der Waals surface area contributed by atoms with Crippen LogP contribution in [0.15, 0.2) is 78.9 Å². The molecule has 2 N–H and O–H groups in total. The standard InChI is InChI=1S/C30H31N3O3/c1-21-9-11-23(12-10-21)28(34)32-25-13-14-26-24(17-25)18-27(33(26)19-22-7-4-3-5-8-22)29(35)31-20-30(2)15-6-16-36-30/h3-5,7-14,17-18H,6,15-16,19-20H2,1-2H3,(H,31,35)(H,32,34)/t30-/m0/s1. The Hall–Kier alpha value is -3.90. The molecular formula is C30H31N3O3. The number of hydrogen-bond donors (Lipinski definition) is 2. The van der Waals surface area contributed by atoms with Crippen molar-refractivity contribution in [3.05, 3.63) is 101 Å². The van der Waals surface area contributed by atoms with Crippen molar-refractivity contribution in [2.45, 2.75) is 38.8 Å². The molecule has 5 rings (SSSR count). The van der Waals surface area contributed by atoms with E-state index in [0.717, 1.165) is 41.5 Å². The third-order valence-electron chi connectivity index (χ3n) is 6.81. The quantitative estimate of drug-likeness (QED) is 0.364. The molecule has 0 aliphatic carbocycles. The second-order valence-electron chi connectivity index (χ2n) is 9.78. The molecule has 184 valence electrons. The van der Waals surface area contributed by atoms with E-state index in [1.165, 1.54) is 0 Å². The summed E-state index contributed by atoms with van der Waals surface area (Å²) in [4.78, 5) is 26.1. The van der Waals surface area contributed by atoms with E-state index < -0.39 is 0 Å². The van der Waals surface area contributed by atoms with Crippen LogP contribution in [0.5, 0.6) is 0 Å². The van der Waals surface area contributed by atoms with E-state index in [2.05, 4.69) is 22.8 Å². The molecule has 3 aromatic carbocycles. The Morgan fingerprint density at radius 1 is 0.972 bits per heavy atom. The van der Waals surface area contributed by atoms with Gasteiger partial charge in [0, 0.05) is 41.9 Å². The largest absolute Gasteiger partial charge is 0.373 e. The van der Waals surface area contributed by atoms with Crippen molar-refractivity contribution in [1.29, 1.82) is 0 Å². The maximum atomic E-state index is 13.3. The second-order valence-corrected chi connectivity index (χ2v) is 9.78. The number of aryl methyl sites for hydroxylation is 1. The van der Waals surface area contributed by atoms with E-state index in [4.69, 9.17) is 4.74 Å². The van der Waals surface area contributed by atoms with E-state index in [9.17, 15) is 9.59 Å². The molecule has 0 radical (unpaired) electrons. The molecule has 6 heteroatoms. The fourth-order valence-corrected chi connectivity index (χ4v) is 4.72. The van der Waals surface area contributed by atoms with Gasteiger partial charge >= 0.3 is 0 Å². The van der Waals surface area contributed by atoms with Crippen LogP contribution in [-0.2, 0) is 11.3 Å². The smallest absolute Gasteiger partial charge is 0.268 e. The first-order chi connectivity index (χ1) is 17.4. The van der Waals surface area contributed by atoms with Gasteiger partial charge in [0.1, 0.15) is 5.69 Å². The van der Waals surface area contributed by atoms with Gasteiger partial charge in [-0.3, -0.25) is 9.59 Å². The maximum absolute atomic E-state index is 13.3. The first kappa shape index (κ1) is 23.8. The zero-order valence-electron chi connectivity index (χ0n) is 20.7. The molecule has 1 aromatic heterocycles. The summed E-state index contributed by atoms with van der Waals surface area (Å²) in [5.41, 5.74) is 4.69. The minimum Gasteiger partial charge on any atom is -0.373 e. The molecule has 2 amide bonds. The highest BCUT2D eigenvalue weighted by atomic mass is 16.5. The van der Waals surface area contributed by atoms with Crippen LogP contribution in [0.2, 0.25) is 0 Å². The highest BCUT2D eigenvalue weighted by molar-refractivity contribution is 6.06. The molecule has 0 bridgehead atoms. The zero-order chi connectivity index (χ0) is 25.1. The molecule has 2 heterocycles. The summed E-state index contributed by atoms with van der Waals surface area (Å²) in [6.07, 6.45) is 1.95. The van der Waals surface area contributed by atoms with Gasteiger partial charge in [-0.15, -0.1) is 0 Å². The van der Waals surface area contributed by atoms with E-state index in [1.807, 2.05) is 85.1 Å². The van der Waals surface area contributed by atoms with E-state index in [0.29, 0.717) is 30.0 Å². The summed E-state index contributed by atoms with van der Waals surface area (Å²) in [7, 11) is 0. The summed E-state index contributed by atoms with van der Waals surface area (Å²) >= 11 is 0. The number of fused-ring (bicyclic) bond motifs is 1. The molecule has 0 unspecified atom stereocenters. The zero-order valence-corrected chi connectivity index (χ0v) is 20.7. The van der Waals surface area contributed by atoms with Crippen LogP contribution in [-0.4, -0.2) is 35.1 Å². The number of nitrogens with zero attached hydrogens (tertiary/aromatic N) is 1. The first-order valence-corrected chi connectivity index (χ1v) is 12.4. The predicted molar refractivity (Wildman–Crippen MR) is 143 cm³/mol. The lowest BCUT2D eigenvalue weighted by molar-refractivity contribution is 0.0205. The number of amides is 2. The van der Waals surface area contributed by atoms with Crippen molar-refractivity contribution in [2.75, 3.05) is 18.5 Å². The lowest BCUT2D eigenvalue weighted by Gasteiger charge is -2.23. The average molecular weight is 482 g/mol. The summed E-state index contributed by atoms with van der Waals surface area (Å²) < 4.78 is 7.88. The van der Waals surface area contributed by atoms with Crippen LogP contribution in [0.3, 0.4) is 0 Å². The van der Waals surface area contributed by atoms with Crippen molar-refractivity contribution in [3.8, 4) is 0 Å². The van der Waals surface area contributed by atoms with Crippen molar-refractivity contribution < 1.29 is 14.3 Å². The van der Waals surface area contributed by atoms with Crippen LogP contribution >= 0.6 is 0 Å². The summed E-state index contributed by atoms with van der Waals surface area (Å²) in [6.45, 7) is 5.80. The molecule has 1 saturated heterocycles. The van der Waals surface area contributed by atoms with Gasteiger partial charge in [-0.1, -0.05) is 48.0 Å². The van der Waals surface area contributed by atoms with Crippen LogP contribution < -0.4 is 10.6 Å². The van der Waals surface area contributed by atoms with E-state index >= 15 is 0 Å². The Morgan fingerprint density at radius 3 is 2.47 bits per heavy atom. The highest BCUT2D eigenvalue weighted by Gasteiger charge is 2.30. The monoisotopic (exact) mass is 481 g/mol. The number of carbonyl (C=O) groups excluding carboxylic acids is 2. The van der Waals surface area contributed by atoms with Gasteiger partial charge in [0.15, 0.2) is 0 Å². The molecule has 1 fully saturated rings. The van der Waals surface area contributed by atoms with Crippen LogP contribution in [0.25, 0.3) is 10.9 Å². The summed E-state index contributed by atoms with van der Waals surface area (Å²) in [5, 5.41) is 6.96. The topological polar surface area (TPSA) is 72.4 Å². The predicted octanol–water partition coefficient (Wildman–Crippen LogP) is 5.55. The average Bonchev–Trinajstić information content (AvgIpc) is 3.47. The fourth-order valence-electron chi connectivity index (χ4n) is 4.72. The van der Waals surface area contributed by atoms with Crippen LogP contribution in [0.4, 0.5) is 5.69 Å². The highest BCUT2D eigenvalue weighted by Crippen LogP contribution is 2.27. The number of carbonyl (C=O) groups is 2. The fraction of sp³-hybridized carbons (Fsp3) is 0.267. The molecular weight excluding hydrogens is 450 g/mol. The van der Waals surface area contributed by atoms with E-state index in [-0.39, 0.29) is 17.4 Å². The summed E-state index contributed by atoms with van der Waals surface area (Å²) in [6, 6.07) is 25.2. The van der Waals surface area contributed by atoms with Crippen molar-refractivity contribution in [2.24, 2.45) is 0 Å². The molecule has 1 aliphatic heterocycles. The SMILES string of the molecule is Cc1ccc(C(=O)Nc2ccc3c(c2)cc(C(=O)NC[C@]2(C)CCCO2)n3Cc2ccccc2)cc1. The Kier molecular flexibility index (Phi) is 6.61. The van der Waals surface area contributed by atoms with Crippen LogP contribution in [0.1, 0.15) is 51.7 Å². The Morgan fingerprint density at radius 2 is 1.75 bits per heavy atom. The Labute approximate surface area is 211 Å². The lowest BCUT2D eigenvalue weighted by atomic mass is 10.0.